The van der Waals surface area contributed by atoms with Crippen LogP contribution in [0.4, 0.5) is 22.0 Å². The van der Waals surface area contributed by atoms with Gasteiger partial charge in [-0.3, -0.25) is 0 Å². The minimum Gasteiger partial charge on any atom is -0.309 e. The lowest BCUT2D eigenvalue weighted by Crippen LogP contribution is -2.16. The average Bonchev–Trinajstić information content (AvgIpc) is 3.60. The molecule has 2 aromatic heterocycles. The summed E-state index contributed by atoms with van der Waals surface area (Å²) in [5.41, 5.74) is 2.64. The summed E-state index contributed by atoms with van der Waals surface area (Å²) in [4.78, 5) is 0. The van der Waals surface area contributed by atoms with Crippen molar-refractivity contribution < 1.29 is 22.0 Å². The summed E-state index contributed by atoms with van der Waals surface area (Å²) in [6.07, 6.45) is -4.87. The van der Waals surface area contributed by atoms with E-state index in [4.69, 9.17) is 0 Å². The highest BCUT2D eigenvalue weighted by Crippen LogP contribution is 2.47. The van der Waals surface area contributed by atoms with Gasteiger partial charge in [-0.1, -0.05) is 90.1 Å². The maximum Gasteiger partial charge on any atom is 0.420 e. The molecule has 0 bridgehead atoms. The third-order valence-electron chi connectivity index (χ3n) is 10.2. The Morgan fingerprint density at radius 2 is 0.904 bits per heavy atom. The molecule has 0 radical (unpaired) electrons. The standard InChI is InChI=1S/C45H37F5N2/c1-43(2,3)27-15-19-38-33(23-27)30-11-7-9-13-36(30)51(38)40-21-26(32-25-29(46)17-18-35(32)47)22-41(42(40)45(48,49)50)52-37-14-10-8-12-31(37)34-24-28(44(4,5)6)16-20-39(34)52/h7-25H,1-6H3. The van der Waals surface area contributed by atoms with E-state index < -0.39 is 23.4 Å². The molecule has 0 saturated heterocycles. The van der Waals surface area contributed by atoms with Gasteiger partial charge in [-0.25, -0.2) is 8.78 Å². The number of rotatable bonds is 3. The van der Waals surface area contributed by atoms with E-state index in [0.717, 1.165) is 50.9 Å². The minimum atomic E-state index is -4.87. The summed E-state index contributed by atoms with van der Waals surface area (Å²) in [5.74, 6) is -1.44. The number of hydrogen-bond acceptors (Lipinski definition) is 0. The molecule has 0 aliphatic heterocycles. The molecule has 2 heterocycles. The first-order valence-electron chi connectivity index (χ1n) is 17.3. The van der Waals surface area contributed by atoms with Crippen LogP contribution in [0.25, 0.3) is 66.1 Å². The zero-order chi connectivity index (χ0) is 36.9. The van der Waals surface area contributed by atoms with Gasteiger partial charge in [0.05, 0.1) is 33.4 Å². The summed E-state index contributed by atoms with van der Waals surface area (Å²) < 4.78 is 81.8. The molecule has 0 unspecified atom stereocenters. The lowest BCUT2D eigenvalue weighted by atomic mass is 9.86. The van der Waals surface area contributed by atoms with Crippen molar-refractivity contribution in [2.75, 3.05) is 0 Å². The van der Waals surface area contributed by atoms with Crippen LogP contribution in [0.1, 0.15) is 58.2 Å². The molecule has 0 aliphatic carbocycles. The smallest absolute Gasteiger partial charge is 0.309 e. The Morgan fingerprint density at radius 1 is 0.462 bits per heavy atom. The number of benzene rings is 6. The summed E-state index contributed by atoms with van der Waals surface area (Å²) in [7, 11) is 0. The predicted octanol–water partition coefficient (Wildman–Crippen LogP) is 13.4. The first-order valence-corrected chi connectivity index (χ1v) is 17.3. The Balaban J connectivity index is 1.58. The van der Waals surface area contributed by atoms with Crippen molar-refractivity contribution in [1.29, 1.82) is 0 Å². The molecule has 0 aliphatic rings. The maximum absolute atomic E-state index is 16.1. The Labute approximate surface area is 298 Å². The molecule has 0 amide bonds. The third kappa shape index (κ3) is 5.37. The summed E-state index contributed by atoms with van der Waals surface area (Å²) in [5, 5.41) is 3.16. The molecular weight excluding hydrogens is 663 g/mol. The molecule has 52 heavy (non-hydrogen) atoms. The van der Waals surface area contributed by atoms with Crippen LogP contribution in [0.15, 0.2) is 115 Å². The second-order valence-electron chi connectivity index (χ2n) is 15.7. The summed E-state index contributed by atoms with van der Waals surface area (Å²) >= 11 is 0. The van der Waals surface area contributed by atoms with Crippen molar-refractivity contribution in [3.05, 3.63) is 144 Å². The van der Waals surface area contributed by atoms with Crippen LogP contribution in [-0.2, 0) is 17.0 Å². The van der Waals surface area contributed by atoms with E-state index in [-0.39, 0.29) is 33.3 Å². The lowest BCUT2D eigenvalue weighted by molar-refractivity contribution is -0.137. The van der Waals surface area contributed by atoms with E-state index in [9.17, 15) is 4.39 Å². The van der Waals surface area contributed by atoms with Gasteiger partial charge < -0.3 is 9.13 Å². The van der Waals surface area contributed by atoms with Crippen LogP contribution in [0.5, 0.6) is 0 Å². The van der Waals surface area contributed by atoms with Crippen molar-refractivity contribution in [1.82, 2.24) is 9.13 Å². The number of aromatic nitrogens is 2. The van der Waals surface area contributed by atoms with E-state index in [1.54, 1.807) is 33.4 Å². The van der Waals surface area contributed by atoms with Crippen LogP contribution in [0.2, 0.25) is 0 Å². The first-order chi connectivity index (χ1) is 24.5. The van der Waals surface area contributed by atoms with Crippen molar-refractivity contribution in [3.8, 4) is 22.5 Å². The molecule has 8 rings (SSSR count). The van der Waals surface area contributed by atoms with Gasteiger partial charge in [0.1, 0.15) is 17.2 Å². The third-order valence-corrected chi connectivity index (χ3v) is 10.2. The summed E-state index contributed by atoms with van der Waals surface area (Å²) in [6, 6.07) is 32.2. The number of nitrogens with zero attached hydrogens (tertiary/aromatic N) is 2. The molecular formula is C45H37F5N2. The average molecular weight is 701 g/mol. The molecule has 0 fully saturated rings. The lowest BCUT2D eigenvalue weighted by Gasteiger charge is -2.24. The van der Waals surface area contributed by atoms with Gasteiger partial charge in [0, 0.05) is 27.1 Å². The van der Waals surface area contributed by atoms with Gasteiger partial charge in [0.15, 0.2) is 0 Å². The second-order valence-corrected chi connectivity index (χ2v) is 15.7. The Kier molecular flexibility index (Phi) is 7.48. The number of hydrogen-bond donors (Lipinski definition) is 0. The van der Waals surface area contributed by atoms with Gasteiger partial charge >= 0.3 is 6.18 Å². The van der Waals surface area contributed by atoms with Crippen LogP contribution < -0.4 is 0 Å². The van der Waals surface area contributed by atoms with Crippen molar-refractivity contribution in [2.45, 2.75) is 58.5 Å². The van der Waals surface area contributed by atoms with E-state index >= 15 is 17.6 Å². The second kappa shape index (κ2) is 11.5. The SMILES string of the molecule is CC(C)(C)c1ccc2c(c1)c1ccccc1n2-c1cc(-c2cc(F)ccc2F)cc(-n2c3ccccc3c3cc(C(C)(C)C)ccc32)c1C(F)(F)F. The molecule has 7 heteroatoms. The Hall–Kier alpha value is -5.43. The molecule has 0 saturated carbocycles. The molecule has 0 N–H and O–H groups in total. The molecule has 0 spiro atoms. The van der Waals surface area contributed by atoms with Crippen molar-refractivity contribution >= 4 is 43.6 Å². The van der Waals surface area contributed by atoms with E-state index in [2.05, 4.69) is 41.5 Å². The zero-order valence-corrected chi connectivity index (χ0v) is 29.8. The maximum atomic E-state index is 16.1. The fourth-order valence-corrected chi connectivity index (χ4v) is 7.53. The van der Waals surface area contributed by atoms with Crippen LogP contribution in [0.3, 0.4) is 0 Å². The van der Waals surface area contributed by atoms with E-state index in [0.29, 0.717) is 22.1 Å². The van der Waals surface area contributed by atoms with E-state index in [1.165, 1.54) is 12.1 Å². The molecule has 262 valence electrons. The van der Waals surface area contributed by atoms with Gasteiger partial charge in [-0.15, -0.1) is 0 Å². The van der Waals surface area contributed by atoms with Crippen LogP contribution >= 0.6 is 0 Å². The quantitative estimate of drug-likeness (QED) is 0.162. The highest BCUT2D eigenvalue weighted by Gasteiger charge is 2.40. The highest BCUT2D eigenvalue weighted by molar-refractivity contribution is 6.11. The number of fused-ring (bicyclic) bond motifs is 6. The van der Waals surface area contributed by atoms with Gasteiger partial charge in [-0.05, 0) is 94.3 Å². The van der Waals surface area contributed by atoms with Gasteiger partial charge in [0.2, 0.25) is 0 Å². The fraction of sp³-hybridized carbons (Fsp3) is 0.200. The number of halogens is 5. The topological polar surface area (TPSA) is 9.86 Å². The summed E-state index contributed by atoms with van der Waals surface area (Å²) in [6.45, 7) is 12.6. The fourth-order valence-electron chi connectivity index (χ4n) is 7.53. The van der Waals surface area contributed by atoms with Crippen LogP contribution in [-0.4, -0.2) is 9.13 Å². The number of alkyl halides is 3. The van der Waals surface area contributed by atoms with Crippen molar-refractivity contribution in [3.63, 3.8) is 0 Å². The van der Waals surface area contributed by atoms with Gasteiger partial charge in [0.25, 0.3) is 0 Å². The largest absolute Gasteiger partial charge is 0.420 e. The molecule has 6 aromatic carbocycles. The molecule has 2 nitrogen and oxygen atoms in total. The minimum absolute atomic E-state index is 0.115. The van der Waals surface area contributed by atoms with Crippen molar-refractivity contribution in [2.24, 2.45) is 0 Å². The normalized spacial score (nSPS) is 12.9. The number of para-hydroxylation sites is 2. The zero-order valence-electron chi connectivity index (χ0n) is 29.8. The molecule has 0 atom stereocenters. The Morgan fingerprint density at radius 3 is 1.35 bits per heavy atom. The van der Waals surface area contributed by atoms with E-state index in [1.807, 2.05) is 60.7 Å². The first kappa shape index (κ1) is 33.7. The van der Waals surface area contributed by atoms with Crippen LogP contribution in [0, 0.1) is 11.6 Å². The molecule has 8 aromatic rings. The monoisotopic (exact) mass is 700 g/mol. The van der Waals surface area contributed by atoms with Gasteiger partial charge in [-0.2, -0.15) is 13.2 Å². The predicted molar refractivity (Wildman–Crippen MR) is 203 cm³/mol. The Bertz CT molecular complexity index is 2560. The highest BCUT2D eigenvalue weighted by atomic mass is 19.4.